The summed E-state index contributed by atoms with van der Waals surface area (Å²) < 4.78 is -1.86. The molecule has 0 radical (unpaired) electrons. The normalized spacial score (nSPS) is 16.4. The van der Waals surface area contributed by atoms with Gasteiger partial charge >= 0.3 is 0 Å². The van der Waals surface area contributed by atoms with Gasteiger partial charge in [0.15, 0.2) is 5.78 Å². The van der Waals surface area contributed by atoms with Gasteiger partial charge in [0, 0.05) is 10.9 Å². The number of halogens is 4. The van der Waals surface area contributed by atoms with Crippen molar-refractivity contribution in [2.45, 2.75) is 30.6 Å². The SMILES string of the molecule is Cc1cc(Cl)cc(Cl)c1/N=N/C(Cl)(Cl)C(=O)C1CCC1. The third kappa shape index (κ3) is 3.45. The second-order valence-electron chi connectivity index (χ2n) is 4.79. The summed E-state index contributed by atoms with van der Waals surface area (Å²) in [7, 11) is 0. The highest BCUT2D eigenvalue weighted by Gasteiger charge is 2.41. The van der Waals surface area contributed by atoms with Crippen molar-refractivity contribution in [3.8, 4) is 0 Å². The van der Waals surface area contributed by atoms with Crippen molar-refractivity contribution in [2.24, 2.45) is 16.1 Å². The molecule has 0 heterocycles. The van der Waals surface area contributed by atoms with Gasteiger partial charge < -0.3 is 0 Å². The maximum atomic E-state index is 12.0. The second kappa shape index (κ2) is 6.18. The van der Waals surface area contributed by atoms with E-state index < -0.39 is 4.46 Å². The van der Waals surface area contributed by atoms with Crippen molar-refractivity contribution >= 4 is 57.9 Å². The van der Waals surface area contributed by atoms with Crippen LogP contribution in [0.3, 0.4) is 0 Å². The third-order valence-corrected chi connectivity index (χ3v) is 4.30. The van der Waals surface area contributed by atoms with Gasteiger partial charge in [-0.15, -0.1) is 5.11 Å². The number of ketones is 1. The topological polar surface area (TPSA) is 41.8 Å². The van der Waals surface area contributed by atoms with E-state index in [2.05, 4.69) is 10.2 Å². The molecular weight excluding hydrogens is 342 g/mol. The summed E-state index contributed by atoms with van der Waals surface area (Å²) in [5, 5.41) is 8.52. The van der Waals surface area contributed by atoms with Gasteiger partial charge in [-0.1, -0.05) is 52.8 Å². The molecule has 0 spiro atoms. The Bertz CT molecular complexity index is 544. The largest absolute Gasteiger partial charge is 0.294 e. The number of hydrogen-bond acceptors (Lipinski definition) is 3. The zero-order chi connectivity index (χ0) is 14.9. The fourth-order valence-electron chi connectivity index (χ4n) is 1.90. The van der Waals surface area contributed by atoms with Crippen LogP contribution in [0.2, 0.25) is 10.0 Å². The fraction of sp³-hybridized carbons (Fsp3) is 0.462. The molecular formula is C13H12Cl4N2O. The maximum Gasteiger partial charge on any atom is 0.286 e. The molecule has 0 aromatic heterocycles. The number of alkyl halides is 2. The summed E-state index contributed by atoms with van der Waals surface area (Å²) in [5.41, 5.74) is 1.13. The molecule has 7 heteroatoms. The van der Waals surface area contributed by atoms with Crippen LogP contribution in [0, 0.1) is 12.8 Å². The quantitative estimate of drug-likeness (QED) is 0.378. The molecule has 0 bridgehead atoms. The van der Waals surface area contributed by atoms with Gasteiger partial charge in [0.2, 0.25) is 0 Å². The minimum absolute atomic E-state index is 0.120. The fourth-order valence-corrected chi connectivity index (χ4v) is 2.92. The summed E-state index contributed by atoms with van der Waals surface area (Å²) in [6, 6.07) is 3.24. The lowest BCUT2D eigenvalue weighted by atomic mass is 9.82. The first-order valence-corrected chi connectivity index (χ1v) is 7.63. The predicted octanol–water partition coefficient (Wildman–Crippen LogP) is 5.89. The lowest BCUT2D eigenvalue weighted by Gasteiger charge is -2.27. The standard InChI is InChI=1S/C13H12Cl4N2O/c1-7-5-9(14)6-10(15)11(7)18-19-13(16,17)12(20)8-3-2-4-8/h5-6,8H,2-4H2,1H3/b19-18+. The van der Waals surface area contributed by atoms with E-state index in [1.807, 2.05) is 0 Å². The molecule has 1 saturated carbocycles. The maximum absolute atomic E-state index is 12.0. The summed E-state index contributed by atoms with van der Waals surface area (Å²) >= 11 is 23.8. The minimum Gasteiger partial charge on any atom is -0.294 e. The van der Waals surface area contributed by atoms with E-state index in [0.717, 1.165) is 24.8 Å². The van der Waals surface area contributed by atoms with Crippen molar-refractivity contribution in [3.63, 3.8) is 0 Å². The van der Waals surface area contributed by atoms with Gasteiger partial charge in [0.25, 0.3) is 4.46 Å². The van der Waals surface area contributed by atoms with Gasteiger partial charge in [-0.3, -0.25) is 4.79 Å². The van der Waals surface area contributed by atoms with Gasteiger partial charge in [-0.05, 0) is 37.5 Å². The number of azo groups is 1. The first-order valence-electron chi connectivity index (χ1n) is 6.12. The second-order valence-corrected chi connectivity index (χ2v) is 6.92. The number of nitrogens with zero attached hydrogens (tertiary/aromatic N) is 2. The van der Waals surface area contributed by atoms with Crippen LogP contribution in [0.5, 0.6) is 0 Å². The highest BCUT2D eigenvalue weighted by atomic mass is 35.5. The molecule has 1 aliphatic rings. The molecule has 0 unspecified atom stereocenters. The zero-order valence-electron chi connectivity index (χ0n) is 10.7. The third-order valence-electron chi connectivity index (χ3n) is 3.27. The van der Waals surface area contributed by atoms with Crippen LogP contribution in [0.4, 0.5) is 5.69 Å². The van der Waals surface area contributed by atoms with Crippen LogP contribution in [0.15, 0.2) is 22.4 Å². The molecule has 0 atom stereocenters. The van der Waals surface area contributed by atoms with Crippen molar-refractivity contribution in [2.75, 3.05) is 0 Å². The molecule has 0 N–H and O–H groups in total. The minimum atomic E-state index is -1.86. The summed E-state index contributed by atoms with van der Waals surface area (Å²) in [4.78, 5) is 12.0. The Labute approximate surface area is 137 Å². The van der Waals surface area contributed by atoms with E-state index in [4.69, 9.17) is 46.4 Å². The van der Waals surface area contributed by atoms with Gasteiger partial charge in [-0.2, -0.15) is 5.11 Å². The number of carbonyl (C=O) groups is 1. The Balaban J connectivity index is 2.22. The Morgan fingerprint density at radius 3 is 2.45 bits per heavy atom. The summed E-state index contributed by atoms with van der Waals surface area (Å²) in [5.74, 6) is -0.427. The molecule has 1 aromatic carbocycles. The Kier molecular flexibility index (Phi) is 4.96. The van der Waals surface area contributed by atoms with Gasteiger partial charge in [-0.25, -0.2) is 0 Å². The van der Waals surface area contributed by atoms with E-state index >= 15 is 0 Å². The van der Waals surface area contributed by atoms with Crippen LogP contribution in [-0.4, -0.2) is 10.2 Å². The van der Waals surface area contributed by atoms with Crippen molar-refractivity contribution < 1.29 is 4.79 Å². The van der Waals surface area contributed by atoms with Crippen LogP contribution < -0.4 is 0 Å². The zero-order valence-corrected chi connectivity index (χ0v) is 13.7. The number of Topliss-reactive ketones (excluding diaryl/α,β-unsaturated/α-hetero) is 1. The smallest absolute Gasteiger partial charge is 0.286 e. The van der Waals surface area contributed by atoms with Gasteiger partial charge in [0.1, 0.15) is 5.69 Å². The molecule has 1 aromatic rings. The predicted molar refractivity (Wildman–Crippen MR) is 82.5 cm³/mol. The molecule has 1 fully saturated rings. The van der Waals surface area contributed by atoms with E-state index in [-0.39, 0.29) is 11.7 Å². The molecule has 1 aliphatic carbocycles. The number of hydrogen-bond donors (Lipinski definition) is 0. The van der Waals surface area contributed by atoms with Crippen LogP contribution in [-0.2, 0) is 4.79 Å². The molecule has 108 valence electrons. The monoisotopic (exact) mass is 352 g/mol. The Morgan fingerprint density at radius 1 is 1.30 bits per heavy atom. The van der Waals surface area contributed by atoms with Crippen LogP contribution in [0.25, 0.3) is 0 Å². The first kappa shape index (κ1) is 16.0. The van der Waals surface area contributed by atoms with Crippen LogP contribution in [0.1, 0.15) is 24.8 Å². The molecule has 0 saturated heterocycles. The molecule has 3 nitrogen and oxygen atoms in total. The average molecular weight is 354 g/mol. The highest BCUT2D eigenvalue weighted by Crippen LogP contribution is 2.39. The molecule has 0 amide bonds. The summed E-state index contributed by atoms with van der Waals surface area (Å²) in [6.45, 7) is 1.78. The van der Waals surface area contributed by atoms with Crippen molar-refractivity contribution in [3.05, 3.63) is 27.7 Å². The lowest BCUT2D eigenvalue weighted by molar-refractivity contribution is -0.125. The number of carbonyl (C=O) groups excluding carboxylic acids is 1. The number of benzene rings is 1. The Morgan fingerprint density at radius 2 is 1.95 bits per heavy atom. The Hall–Kier alpha value is -0.350. The molecule has 2 rings (SSSR count). The first-order chi connectivity index (χ1) is 9.31. The van der Waals surface area contributed by atoms with Crippen molar-refractivity contribution in [1.82, 2.24) is 0 Å². The summed E-state index contributed by atoms with van der Waals surface area (Å²) in [6.07, 6.45) is 2.62. The number of aryl methyl sites for hydroxylation is 1. The van der Waals surface area contributed by atoms with Crippen molar-refractivity contribution in [1.29, 1.82) is 0 Å². The van der Waals surface area contributed by atoms with Crippen LogP contribution >= 0.6 is 46.4 Å². The average Bonchev–Trinajstić information content (AvgIpc) is 2.24. The lowest BCUT2D eigenvalue weighted by Crippen LogP contribution is -2.34. The van der Waals surface area contributed by atoms with Gasteiger partial charge in [0.05, 0.1) is 5.02 Å². The molecule has 0 aliphatic heterocycles. The van der Waals surface area contributed by atoms with E-state index in [1.165, 1.54) is 0 Å². The number of rotatable bonds is 4. The van der Waals surface area contributed by atoms with E-state index in [1.54, 1.807) is 19.1 Å². The van der Waals surface area contributed by atoms with E-state index in [9.17, 15) is 4.79 Å². The molecule has 20 heavy (non-hydrogen) atoms. The van der Waals surface area contributed by atoms with E-state index in [0.29, 0.717) is 15.7 Å². The highest BCUT2D eigenvalue weighted by molar-refractivity contribution is 6.58.